The topological polar surface area (TPSA) is 0 Å². The molecular formula is C11H10ClF3. The van der Waals surface area contributed by atoms with Crippen molar-refractivity contribution in [3.05, 3.63) is 40.4 Å². The summed E-state index contributed by atoms with van der Waals surface area (Å²) in [5, 5.41) is 0.0978. The summed E-state index contributed by atoms with van der Waals surface area (Å²) in [6, 6.07) is 3.51. The number of benzene rings is 1. The zero-order valence-corrected chi connectivity index (χ0v) is 8.86. The maximum atomic E-state index is 12.4. The normalized spacial score (nSPS) is 12.3. The smallest absolute Gasteiger partial charge is 0.166 e. The van der Waals surface area contributed by atoms with E-state index >= 15 is 0 Å². The molecule has 0 aliphatic heterocycles. The van der Waals surface area contributed by atoms with Gasteiger partial charge in [-0.1, -0.05) is 30.7 Å². The summed E-state index contributed by atoms with van der Waals surface area (Å²) in [4.78, 5) is 0. The van der Waals surface area contributed by atoms with E-state index in [1.54, 1.807) is 12.2 Å². The second kappa shape index (κ2) is 4.71. The first-order valence-corrected chi connectivity index (χ1v) is 4.85. The largest absolute Gasteiger partial charge is 0.416 e. The molecule has 0 N–H and O–H groups in total. The Morgan fingerprint density at radius 3 is 2.47 bits per heavy atom. The molecule has 1 aromatic rings. The van der Waals surface area contributed by atoms with Crippen LogP contribution in [-0.2, 0) is 6.18 Å². The Morgan fingerprint density at radius 2 is 1.93 bits per heavy atom. The van der Waals surface area contributed by atoms with Crippen molar-refractivity contribution in [3.63, 3.8) is 0 Å². The molecule has 0 aliphatic carbocycles. The van der Waals surface area contributed by atoms with Gasteiger partial charge in [-0.15, -0.1) is 0 Å². The third-order valence-corrected chi connectivity index (χ3v) is 2.01. The highest BCUT2D eigenvalue weighted by molar-refractivity contribution is 6.30. The van der Waals surface area contributed by atoms with Gasteiger partial charge in [0.2, 0.25) is 0 Å². The van der Waals surface area contributed by atoms with Crippen molar-refractivity contribution in [2.24, 2.45) is 0 Å². The van der Waals surface area contributed by atoms with Crippen LogP contribution >= 0.6 is 11.6 Å². The average molecular weight is 235 g/mol. The standard InChI is InChI=1S/C11H10ClF3/c1-2-3-4-8-5-9(11(13,14)15)7-10(12)6-8/h3-7H,2H2,1H3/b4-3+. The van der Waals surface area contributed by atoms with E-state index in [0.717, 1.165) is 18.6 Å². The molecule has 1 rings (SSSR count). The van der Waals surface area contributed by atoms with E-state index in [1.165, 1.54) is 6.07 Å². The molecule has 1 aromatic carbocycles. The van der Waals surface area contributed by atoms with E-state index in [2.05, 4.69) is 0 Å². The molecule has 0 heterocycles. The van der Waals surface area contributed by atoms with Crippen LogP contribution in [0.15, 0.2) is 24.3 Å². The fourth-order valence-electron chi connectivity index (χ4n) is 1.13. The summed E-state index contributed by atoms with van der Waals surface area (Å²) >= 11 is 5.60. The Balaban J connectivity index is 3.11. The average Bonchev–Trinajstić information content (AvgIpc) is 2.12. The van der Waals surface area contributed by atoms with Crippen molar-refractivity contribution in [2.75, 3.05) is 0 Å². The fourth-order valence-corrected chi connectivity index (χ4v) is 1.37. The van der Waals surface area contributed by atoms with E-state index in [9.17, 15) is 13.2 Å². The van der Waals surface area contributed by atoms with E-state index in [-0.39, 0.29) is 5.02 Å². The van der Waals surface area contributed by atoms with Crippen LogP contribution in [0, 0.1) is 0 Å². The Kier molecular flexibility index (Phi) is 3.80. The van der Waals surface area contributed by atoms with Crippen molar-refractivity contribution in [3.8, 4) is 0 Å². The summed E-state index contributed by atoms with van der Waals surface area (Å²) in [5.41, 5.74) is -0.248. The Hall–Kier alpha value is -0.960. The Bertz CT molecular complexity index is 367. The molecule has 82 valence electrons. The third kappa shape index (κ3) is 3.59. The molecule has 15 heavy (non-hydrogen) atoms. The maximum absolute atomic E-state index is 12.4. The lowest BCUT2D eigenvalue weighted by Gasteiger charge is -2.07. The van der Waals surface area contributed by atoms with Gasteiger partial charge in [-0.05, 0) is 30.2 Å². The molecule has 0 aliphatic rings. The first-order valence-electron chi connectivity index (χ1n) is 4.48. The van der Waals surface area contributed by atoms with Crippen molar-refractivity contribution in [2.45, 2.75) is 19.5 Å². The summed E-state index contributed by atoms with van der Waals surface area (Å²) in [6.45, 7) is 1.91. The number of hydrogen-bond acceptors (Lipinski definition) is 0. The van der Waals surface area contributed by atoms with Gasteiger partial charge in [-0.25, -0.2) is 0 Å². The monoisotopic (exact) mass is 234 g/mol. The molecule has 0 saturated heterocycles. The molecule has 0 saturated carbocycles. The first kappa shape index (κ1) is 12.1. The summed E-state index contributed by atoms with van der Waals surface area (Å²) < 4.78 is 37.2. The quantitative estimate of drug-likeness (QED) is 0.691. The third-order valence-electron chi connectivity index (χ3n) is 1.79. The number of rotatable bonds is 2. The van der Waals surface area contributed by atoms with Crippen LogP contribution in [0.25, 0.3) is 6.08 Å². The van der Waals surface area contributed by atoms with E-state index in [0.29, 0.717) is 5.56 Å². The molecule has 0 amide bonds. The van der Waals surface area contributed by atoms with Crippen LogP contribution in [0.1, 0.15) is 24.5 Å². The van der Waals surface area contributed by atoms with Gasteiger partial charge in [0.05, 0.1) is 5.56 Å². The zero-order valence-electron chi connectivity index (χ0n) is 8.11. The minimum absolute atomic E-state index is 0.0978. The lowest BCUT2D eigenvalue weighted by molar-refractivity contribution is -0.137. The van der Waals surface area contributed by atoms with Gasteiger partial charge in [-0.3, -0.25) is 0 Å². The Morgan fingerprint density at radius 1 is 1.27 bits per heavy atom. The second-order valence-electron chi connectivity index (χ2n) is 3.08. The number of allylic oxidation sites excluding steroid dienone is 1. The molecule has 0 atom stereocenters. The van der Waals surface area contributed by atoms with Crippen molar-refractivity contribution in [1.82, 2.24) is 0 Å². The zero-order chi connectivity index (χ0) is 11.5. The molecular weight excluding hydrogens is 225 g/mol. The van der Waals surface area contributed by atoms with Crippen LogP contribution in [-0.4, -0.2) is 0 Å². The van der Waals surface area contributed by atoms with Gasteiger partial charge in [0.15, 0.2) is 0 Å². The van der Waals surface area contributed by atoms with Crippen LogP contribution in [0.4, 0.5) is 13.2 Å². The fraction of sp³-hybridized carbons (Fsp3) is 0.273. The van der Waals surface area contributed by atoms with Crippen molar-refractivity contribution >= 4 is 17.7 Å². The van der Waals surface area contributed by atoms with E-state index in [4.69, 9.17) is 11.6 Å². The molecule has 0 fully saturated rings. The van der Waals surface area contributed by atoms with Crippen LogP contribution in [0.5, 0.6) is 0 Å². The number of halogens is 4. The van der Waals surface area contributed by atoms with Gasteiger partial charge in [-0.2, -0.15) is 13.2 Å². The molecule has 4 heteroatoms. The highest BCUT2D eigenvalue weighted by Crippen LogP contribution is 2.32. The minimum Gasteiger partial charge on any atom is -0.166 e. The van der Waals surface area contributed by atoms with Crippen LogP contribution in [0.2, 0.25) is 5.02 Å². The molecule has 0 spiro atoms. The summed E-state index contributed by atoms with van der Waals surface area (Å²) in [7, 11) is 0. The highest BCUT2D eigenvalue weighted by Gasteiger charge is 2.30. The molecule has 0 nitrogen and oxygen atoms in total. The van der Waals surface area contributed by atoms with E-state index in [1.807, 2.05) is 6.92 Å². The predicted octanol–water partition coefficient (Wildman–Crippen LogP) is 4.78. The second-order valence-corrected chi connectivity index (χ2v) is 3.52. The van der Waals surface area contributed by atoms with Crippen molar-refractivity contribution in [1.29, 1.82) is 0 Å². The van der Waals surface area contributed by atoms with Gasteiger partial charge in [0.1, 0.15) is 0 Å². The molecule has 0 aromatic heterocycles. The van der Waals surface area contributed by atoms with Gasteiger partial charge in [0, 0.05) is 5.02 Å². The van der Waals surface area contributed by atoms with E-state index < -0.39 is 11.7 Å². The number of hydrogen-bond donors (Lipinski definition) is 0. The van der Waals surface area contributed by atoms with Gasteiger partial charge >= 0.3 is 6.18 Å². The van der Waals surface area contributed by atoms with Crippen LogP contribution < -0.4 is 0 Å². The predicted molar refractivity (Wildman–Crippen MR) is 55.8 cm³/mol. The molecule has 0 bridgehead atoms. The SMILES string of the molecule is CC/C=C/c1cc(Cl)cc(C(F)(F)F)c1. The lowest BCUT2D eigenvalue weighted by atomic mass is 10.1. The Labute approximate surface area is 91.4 Å². The number of alkyl halides is 3. The molecule has 0 radical (unpaired) electrons. The molecule has 0 unspecified atom stereocenters. The van der Waals surface area contributed by atoms with Crippen molar-refractivity contribution < 1.29 is 13.2 Å². The summed E-state index contributed by atoms with van der Waals surface area (Å²) in [6.07, 6.45) is -0.166. The maximum Gasteiger partial charge on any atom is 0.416 e. The first-order chi connectivity index (χ1) is 6.93. The van der Waals surface area contributed by atoms with Crippen LogP contribution in [0.3, 0.4) is 0 Å². The summed E-state index contributed by atoms with van der Waals surface area (Å²) in [5.74, 6) is 0. The lowest BCUT2D eigenvalue weighted by Crippen LogP contribution is -2.04. The van der Waals surface area contributed by atoms with Gasteiger partial charge < -0.3 is 0 Å². The highest BCUT2D eigenvalue weighted by atomic mass is 35.5. The minimum atomic E-state index is -4.35. The van der Waals surface area contributed by atoms with Gasteiger partial charge in [0.25, 0.3) is 0 Å².